The Morgan fingerprint density at radius 2 is 1.52 bits per heavy atom. The van der Waals surface area contributed by atoms with E-state index in [1.54, 1.807) is 6.92 Å². The Hall–Kier alpha value is -2.19. The third-order valence-electron chi connectivity index (χ3n) is 4.91. The Bertz CT molecular complexity index is 788. The van der Waals surface area contributed by atoms with Crippen molar-refractivity contribution < 1.29 is 18.9 Å². The van der Waals surface area contributed by atoms with Crippen LogP contribution in [0.3, 0.4) is 0 Å². The zero-order valence-electron chi connectivity index (χ0n) is 14.3. The summed E-state index contributed by atoms with van der Waals surface area (Å²) < 4.78 is 19.4. The van der Waals surface area contributed by atoms with E-state index in [-0.39, 0.29) is 18.8 Å². The van der Waals surface area contributed by atoms with Crippen LogP contribution in [0.4, 0.5) is 0 Å². The van der Waals surface area contributed by atoms with Gasteiger partial charge in [0.05, 0.1) is 6.61 Å². The number of Topliss-reactive ketones (excluding diaryl/α,β-unsaturated/α-hetero) is 1. The van der Waals surface area contributed by atoms with E-state index in [1.165, 1.54) is 6.92 Å². The number of hydrogen-bond acceptors (Lipinski definition) is 4. The average Bonchev–Trinajstić information content (AvgIpc) is 3.40. The van der Waals surface area contributed by atoms with E-state index in [0.717, 1.165) is 0 Å². The standard InChI is InChI=1S/C20H21O4P/c1-3-24-19(22)20(15(2)21)14-18(20)25(23,16-10-6-4-7-11-16)17-12-8-5-9-13-17/h4-13,18H,3,14H2,1-2H3. The zero-order chi connectivity index (χ0) is 18.1. The molecule has 2 aromatic rings. The minimum atomic E-state index is -3.16. The van der Waals surface area contributed by atoms with Crippen molar-refractivity contribution in [1.29, 1.82) is 0 Å². The van der Waals surface area contributed by atoms with Crippen LogP contribution in [-0.2, 0) is 18.9 Å². The molecule has 0 aliphatic heterocycles. The third kappa shape index (κ3) is 2.75. The smallest absolute Gasteiger partial charge is 0.320 e. The van der Waals surface area contributed by atoms with Gasteiger partial charge in [0.2, 0.25) is 0 Å². The number of ketones is 1. The Morgan fingerprint density at radius 1 is 1.04 bits per heavy atom. The first-order valence-corrected chi connectivity index (χ1v) is 10.1. The highest BCUT2D eigenvalue weighted by Gasteiger charge is 2.71. The molecule has 3 rings (SSSR count). The fraction of sp³-hybridized carbons (Fsp3) is 0.300. The molecule has 2 atom stereocenters. The van der Waals surface area contributed by atoms with Crippen molar-refractivity contribution in [1.82, 2.24) is 0 Å². The van der Waals surface area contributed by atoms with Crippen molar-refractivity contribution in [3.05, 3.63) is 60.7 Å². The second kappa shape index (κ2) is 6.61. The number of hydrogen-bond donors (Lipinski definition) is 0. The van der Waals surface area contributed by atoms with Gasteiger partial charge in [0, 0.05) is 16.3 Å². The largest absolute Gasteiger partial charge is 0.465 e. The topological polar surface area (TPSA) is 60.4 Å². The molecule has 0 heterocycles. The number of carbonyl (C=O) groups excluding carboxylic acids is 2. The van der Waals surface area contributed by atoms with E-state index in [1.807, 2.05) is 60.7 Å². The van der Waals surface area contributed by atoms with Gasteiger partial charge < -0.3 is 9.30 Å². The highest BCUT2D eigenvalue weighted by atomic mass is 31.2. The fourth-order valence-electron chi connectivity index (χ4n) is 3.49. The average molecular weight is 356 g/mol. The summed E-state index contributed by atoms with van der Waals surface area (Å²) in [5.41, 5.74) is -1.85. The molecule has 0 saturated heterocycles. The zero-order valence-corrected chi connectivity index (χ0v) is 15.2. The highest BCUT2D eigenvalue weighted by molar-refractivity contribution is 7.79. The van der Waals surface area contributed by atoms with Gasteiger partial charge in [-0.3, -0.25) is 9.59 Å². The number of esters is 1. The number of benzene rings is 2. The van der Waals surface area contributed by atoms with Gasteiger partial charge in [0.15, 0.2) is 0 Å². The molecule has 2 unspecified atom stereocenters. The van der Waals surface area contributed by atoms with Crippen molar-refractivity contribution in [3.8, 4) is 0 Å². The van der Waals surface area contributed by atoms with Gasteiger partial charge in [0.1, 0.15) is 18.3 Å². The van der Waals surface area contributed by atoms with Crippen LogP contribution in [-0.4, -0.2) is 24.0 Å². The monoisotopic (exact) mass is 356 g/mol. The molecule has 0 radical (unpaired) electrons. The van der Waals surface area contributed by atoms with Crippen LogP contribution in [0, 0.1) is 5.41 Å². The summed E-state index contributed by atoms with van der Waals surface area (Å²) in [6.45, 7) is 3.29. The Balaban J connectivity index is 2.14. The summed E-state index contributed by atoms with van der Waals surface area (Å²) in [6, 6.07) is 18.2. The van der Waals surface area contributed by atoms with Crippen molar-refractivity contribution in [2.24, 2.45) is 5.41 Å². The quantitative estimate of drug-likeness (QED) is 0.454. The molecule has 0 amide bonds. The molecule has 0 bridgehead atoms. The van der Waals surface area contributed by atoms with Crippen LogP contribution in [0.1, 0.15) is 20.3 Å². The lowest BCUT2D eigenvalue weighted by Gasteiger charge is -2.22. The van der Waals surface area contributed by atoms with Gasteiger partial charge in [0.25, 0.3) is 0 Å². The predicted octanol–water partition coefficient (Wildman–Crippen LogP) is 2.91. The summed E-state index contributed by atoms with van der Waals surface area (Å²) >= 11 is 0. The Labute approximate surface area is 147 Å². The van der Waals surface area contributed by atoms with E-state index < -0.39 is 24.2 Å². The minimum absolute atomic E-state index is 0.196. The lowest BCUT2D eigenvalue weighted by atomic mass is 10.0. The van der Waals surface area contributed by atoms with Crippen molar-refractivity contribution in [2.75, 3.05) is 6.61 Å². The maximum Gasteiger partial charge on any atom is 0.320 e. The number of ether oxygens (including phenoxy) is 1. The van der Waals surface area contributed by atoms with E-state index in [0.29, 0.717) is 10.6 Å². The van der Waals surface area contributed by atoms with Crippen molar-refractivity contribution in [2.45, 2.75) is 25.9 Å². The van der Waals surface area contributed by atoms with Gasteiger partial charge >= 0.3 is 5.97 Å². The second-order valence-electron chi connectivity index (χ2n) is 6.30. The third-order valence-corrected chi connectivity index (χ3v) is 8.54. The second-order valence-corrected chi connectivity index (χ2v) is 9.27. The van der Waals surface area contributed by atoms with Gasteiger partial charge in [-0.2, -0.15) is 0 Å². The Kier molecular flexibility index (Phi) is 4.66. The SMILES string of the molecule is CCOC(=O)C1(C(C)=O)CC1P(=O)(c1ccccc1)c1ccccc1. The van der Waals surface area contributed by atoms with Gasteiger partial charge in [-0.15, -0.1) is 0 Å². The molecule has 1 saturated carbocycles. The summed E-state index contributed by atoms with van der Waals surface area (Å²) in [6.07, 6.45) is 0.266. The predicted molar refractivity (Wildman–Crippen MR) is 97.9 cm³/mol. The summed E-state index contributed by atoms with van der Waals surface area (Å²) in [5.74, 6) is -0.831. The molecular weight excluding hydrogens is 335 g/mol. The maximum absolute atomic E-state index is 14.2. The summed E-state index contributed by atoms with van der Waals surface area (Å²) in [4.78, 5) is 24.9. The Morgan fingerprint density at radius 3 is 1.92 bits per heavy atom. The molecule has 1 aliphatic rings. The van der Waals surface area contributed by atoms with Crippen LogP contribution in [0.15, 0.2) is 60.7 Å². The molecule has 5 heteroatoms. The number of carbonyl (C=O) groups is 2. The summed E-state index contributed by atoms with van der Waals surface area (Å²) in [5, 5.41) is 1.33. The molecule has 0 N–H and O–H groups in total. The molecule has 4 nitrogen and oxygen atoms in total. The lowest BCUT2D eigenvalue weighted by Crippen LogP contribution is -2.32. The van der Waals surface area contributed by atoms with E-state index in [9.17, 15) is 14.2 Å². The van der Waals surface area contributed by atoms with Gasteiger partial charge in [-0.25, -0.2) is 0 Å². The molecule has 0 spiro atoms. The first kappa shape index (κ1) is 17.6. The highest BCUT2D eigenvalue weighted by Crippen LogP contribution is 2.69. The number of rotatable bonds is 6. The molecule has 1 fully saturated rings. The van der Waals surface area contributed by atoms with Gasteiger partial charge in [-0.05, 0) is 20.3 Å². The van der Waals surface area contributed by atoms with Crippen LogP contribution >= 0.6 is 7.14 Å². The lowest BCUT2D eigenvalue weighted by molar-refractivity contribution is -0.152. The first-order chi connectivity index (χ1) is 12.0. The molecule has 130 valence electrons. The van der Waals surface area contributed by atoms with Gasteiger partial charge in [-0.1, -0.05) is 60.7 Å². The molecule has 2 aromatic carbocycles. The summed E-state index contributed by atoms with van der Waals surface area (Å²) in [7, 11) is -3.16. The van der Waals surface area contributed by atoms with Crippen LogP contribution in [0.25, 0.3) is 0 Å². The normalized spacial score (nSPS) is 22.2. The minimum Gasteiger partial charge on any atom is -0.465 e. The van der Waals surface area contributed by atoms with E-state index >= 15 is 0 Å². The maximum atomic E-state index is 14.2. The molecule has 25 heavy (non-hydrogen) atoms. The van der Waals surface area contributed by atoms with Crippen molar-refractivity contribution in [3.63, 3.8) is 0 Å². The van der Waals surface area contributed by atoms with Crippen molar-refractivity contribution >= 4 is 29.5 Å². The molecule has 0 aromatic heterocycles. The van der Waals surface area contributed by atoms with Crippen LogP contribution in [0.5, 0.6) is 0 Å². The van der Waals surface area contributed by atoms with E-state index in [4.69, 9.17) is 4.74 Å². The fourth-order valence-corrected chi connectivity index (χ4v) is 7.20. The van der Waals surface area contributed by atoms with E-state index in [2.05, 4.69) is 0 Å². The molecular formula is C20H21O4P. The first-order valence-electron chi connectivity index (χ1n) is 8.37. The van der Waals surface area contributed by atoms with Crippen LogP contribution < -0.4 is 10.6 Å². The molecule has 1 aliphatic carbocycles. The van der Waals surface area contributed by atoms with Crippen LogP contribution in [0.2, 0.25) is 0 Å².